The number of rotatable bonds is 10. The molecule has 11 heteroatoms. The summed E-state index contributed by atoms with van der Waals surface area (Å²) in [5.41, 5.74) is -0.599. The molecule has 1 aromatic carbocycles. The zero-order chi connectivity index (χ0) is 29.9. The van der Waals surface area contributed by atoms with Gasteiger partial charge in [0.05, 0.1) is 10.0 Å². The first-order chi connectivity index (χ1) is 19.4. The van der Waals surface area contributed by atoms with Gasteiger partial charge in [0.25, 0.3) is 5.91 Å². The van der Waals surface area contributed by atoms with Crippen molar-refractivity contribution in [3.8, 4) is 0 Å². The van der Waals surface area contributed by atoms with Gasteiger partial charge in [-0.2, -0.15) is 10.1 Å². The number of Topliss-reactive ketones (excluding diaryl/α,β-unsaturated/α-hetero) is 1. The molecule has 41 heavy (non-hydrogen) atoms. The molecule has 1 aliphatic carbocycles. The van der Waals surface area contributed by atoms with Gasteiger partial charge in [0.1, 0.15) is 11.5 Å². The summed E-state index contributed by atoms with van der Waals surface area (Å²) in [4.78, 5) is 39.9. The van der Waals surface area contributed by atoms with Crippen molar-refractivity contribution in [2.24, 2.45) is 33.4 Å². The molecule has 1 N–H and O–H groups in total. The van der Waals surface area contributed by atoms with Crippen LogP contribution in [0.25, 0.3) is 0 Å². The lowest BCUT2D eigenvalue weighted by atomic mass is 9.70. The number of halogens is 3. The zero-order valence-corrected chi connectivity index (χ0v) is 26.0. The molecule has 0 radical (unpaired) electrons. The highest BCUT2D eigenvalue weighted by Gasteiger charge is 2.46. The van der Waals surface area contributed by atoms with Gasteiger partial charge in [-0.05, 0) is 56.6 Å². The highest BCUT2D eigenvalue weighted by molar-refractivity contribution is 6.43. The molecule has 0 bridgehead atoms. The second-order valence-corrected chi connectivity index (χ2v) is 12.5. The van der Waals surface area contributed by atoms with Gasteiger partial charge in [0.15, 0.2) is 11.9 Å². The number of nitrogens with zero attached hydrogens (tertiary/aromatic N) is 4. The molecule has 5 atom stereocenters. The van der Waals surface area contributed by atoms with E-state index in [0.29, 0.717) is 37.3 Å². The molecule has 1 aromatic rings. The van der Waals surface area contributed by atoms with Crippen LogP contribution in [0.2, 0.25) is 15.1 Å². The third-order valence-corrected chi connectivity index (χ3v) is 9.16. The van der Waals surface area contributed by atoms with Crippen molar-refractivity contribution in [3.05, 3.63) is 51.5 Å². The summed E-state index contributed by atoms with van der Waals surface area (Å²) in [5, 5.41) is 15.2. The Kier molecular flexibility index (Phi) is 9.98. The molecular weight excluding hydrogens is 585 g/mol. The number of amides is 2. The van der Waals surface area contributed by atoms with Crippen LogP contribution in [0.15, 0.2) is 46.6 Å². The number of nitrogens with one attached hydrogen (secondary N) is 1. The number of hydrogen-bond donors (Lipinski definition) is 1. The van der Waals surface area contributed by atoms with E-state index in [2.05, 4.69) is 27.7 Å². The molecule has 0 saturated carbocycles. The maximum atomic E-state index is 14.0. The number of carbonyl (C=O) groups is 3. The minimum absolute atomic E-state index is 0.111. The van der Waals surface area contributed by atoms with Crippen LogP contribution in [0, 0.1) is 23.2 Å². The third kappa shape index (κ3) is 6.87. The Bertz CT molecular complexity index is 1300. The van der Waals surface area contributed by atoms with Crippen molar-refractivity contribution in [2.45, 2.75) is 65.8 Å². The van der Waals surface area contributed by atoms with Crippen LogP contribution < -0.4 is 10.3 Å². The monoisotopic (exact) mass is 619 g/mol. The molecule has 0 fully saturated rings. The molecule has 2 heterocycles. The Hall–Kier alpha value is -2.68. The van der Waals surface area contributed by atoms with Gasteiger partial charge in [-0.3, -0.25) is 19.4 Å². The number of ketones is 1. The van der Waals surface area contributed by atoms with E-state index in [9.17, 15) is 14.4 Å². The summed E-state index contributed by atoms with van der Waals surface area (Å²) in [6.07, 6.45) is 13.4. The predicted octanol–water partition coefficient (Wildman–Crippen LogP) is 6.65. The summed E-state index contributed by atoms with van der Waals surface area (Å²) < 4.78 is 0. The molecule has 0 saturated heterocycles. The molecule has 4 rings (SSSR count). The van der Waals surface area contributed by atoms with E-state index < -0.39 is 17.4 Å². The normalized spacial score (nSPS) is 23.0. The quantitative estimate of drug-likeness (QED) is 0.317. The number of benzene rings is 1. The van der Waals surface area contributed by atoms with E-state index in [1.807, 2.05) is 32.9 Å². The first-order valence-corrected chi connectivity index (χ1v) is 15.1. The van der Waals surface area contributed by atoms with Gasteiger partial charge in [-0.25, -0.2) is 0 Å². The first kappa shape index (κ1) is 31.3. The summed E-state index contributed by atoms with van der Waals surface area (Å²) in [7, 11) is 0. The Labute approximate surface area is 256 Å². The number of hydrazone groups is 2. The number of anilines is 1. The van der Waals surface area contributed by atoms with E-state index in [-0.39, 0.29) is 51.0 Å². The van der Waals surface area contributed by atoms with E-state index in [0.717, 1.165) is 11.4 Å². The average Bonchev–Trinajstić information content (AvgIpc) is 3.56. The highest BCUT2D eigenvalue weighted by atomic mass is 35.5. The molecule has 0 aromatic heterocycles. The minimum Gasteiger partial charge on any atom is -0.310 e. The molecule has 0 spiro atoms. The smallest absolute Gasteiger partial charge is 0.279 e. The van der Waals surface area contributed by atoms with Crippen molar-refractivity contribution in [1.82, 2.24) is 10.3 Å². The largest absolute Gasteiger partial charge is 0.310 e. The summed E-state index contributed by atoms with van der Waals surface area (Å²) in [6, 6.07) is 2.03. The Morgan fingerprint density at radius 3 is 2.46 bits per heavy atom. The minimum atomic E-state index is -0.943. The van der Waals surface area contributed by atoms with E-state index in [4.69, 9.17) is 34.8 Å². The fourth-order valence-corrected chi connectivity index (χ4v) is 6.51. The zero-order valence-electron chi connectivity index (χ0n) is 23.7. The second-order valence-electron chi connectivity index (χ2n) is 11.3. The topological polar surface area (TPSA) is 94.4 Å². The van der Waals surface area contributed by atoms with Gasteiger partial charge in [0, 0.05) is 35.5 Å². The van der Waals surface area contributed by atoms with Crippen LogP contribution >= 0.6 is 34.8 Å². The predicted molar refractivity (Wildman–Crippen MR) is 165 cm³/mol. The standard InChI is InChI=1S/C30H36Cl3N5O3/c1-5-30(4,17-21(14-18(2)19(3)39)20-10-7-6-8-11-20)29(41)35-27-26(37-13-9-12-34-37)28(40)38(36-27)25-23(32)15-22(31)16-24(25)33/h6-8,10,12,15-16,18,20-21,26H,5,9,11,13-14,17H2,1-4H3,(H,35,36,41). The third-order valence-electron chi connectivity index (χ3n) is 8.37. The molecule has 2 amide bonds. The van der Waals surface area contributed by atoms with E-state index in [1.54, 1.807) is 18.1 Å². The van der Waals surface area contributed by atoms with Gasteiger partial charge in [0.2, 0.25) is 5.91 Å². The summed E-state index contributed by atoms with van der Waals surface area (Å²) in [5.74, 6) is -0.153. The second kappa shape index (κ2) is 13.1. The van der Waals surface area contributed by atoms with E-state index in [1.165, 1.54) is 12.1 Å². The lowest BCUT2D eigenvalue weighted by Crippen LogP contribution is -2.52. The Morgan fingerprint density at radius 2 is 1.90 bits per heavy atom. The van der Waals surface area contributed by atoms with Crippen molar-refractivity contribution >= 4 is 70.1 Å². The molecule has 220 valence electrons. The summed E-state index contributed by atoms with van der Waals surface area (Å²) >= 11 is 19.0. The van der Waals surface area contributed by atoms with Gasteiger partial charge >= 0.3 is 0 Å². The molecular formula is C30H36Cl3N5O3. The SMILES string of the molecule is CCC(C)(CC(CC(C)C(C)=O)C1C=CC=CC1)C(=O)NC1=NN(c2c(Cl)cc(Cl)cc2Cl)C(=O)C1N1CCC=N1. The van der Waals surface area contributed by atoms with Crippen LogP contribution in [0.3, 0.4) is 0 Å². The van der Waals surface area contributed by atoms with Crippen molar-refractivity contribution in [3.63, 3.8) is 0 Å². The Balaban J connectivity index is 1.63. The number of allylic oxidation sites excluding steroid dienone is 4. The van der Waals surface area contributed by atoms with Crippen LogP contribution in [0.4, 0.5) is 5.69 Å². The van der Waals surface area contributed by atoms with Crippen LogP contribution in [-0.2, 0) is 14.4 Å². The fraction of sp³-hybridized carbons (Fsp3) is 0.500. The number of carbonyl (C=O) groups excluding carboxylic acids is 3. The maximum absolute atomic E-state index is 14.0. The molecule has 3 aliphatic rings. The Morgan fingerprint density at radius 1 is 1.20 bits per heavy atom. The van der Waals surface area contributed by atoms with E-state index >= 15 is 0 Å². The fourth-order valence-electron chi connectivity index (χ4n) is 5.53. The van der Waals surface area contributed by atoms with Crippen molar-refractivity contribution in [1.29, 1.82) is 0 Å². The van der Waals surface area contributed by atoms with Crippen LogP contribution in [0.1, 0.15) is 59.8 Å². The van der Waals surface area contributed by atoms with Crippen LogP contribution in [-0.4, -0.2) is 47.2 Å². The lowest BCUT2D eigenvalue weighted by molar-refractivity contribution is -0.130. The maximum Gasteiger partial charge on any atom is 0.279 e. The molecule has 8 nitrogen and oxygen atoms in total. The molecule has 2 aliphatic heterocycles. The highest BCUT2D eigenvalue weighted by Crippen LogP contribution is 2.41. The van der Waals surface area contributed by atoms with Gasteiger partial charge in [-0.15, -0.1) is 5.10 Å². The van der Waals surface area contributed by atoms with Crippen LogP contribution in [0.5, 0.6) is 0 Å². The first-order valence-electron chi connectivity index (χ1n) is 14.0. The average molecular weight is 621 g/mol. The number of amidine groups is 1. The van der Waals surface area contributed by atoms with Crippen molar-refractivity contribution in [2.75, 3.05) is 11.6 Å². The molecule has 5 unspecified atom stereocenters. The lowest BCUT2D eigenvalue weighted by Gasteiger charge is -2.36. The van der Waals surface area contributed by atoms with Gasteiger partial charge < -0.3 is 5.32 Å². The number of hydrogen-bond acceptors (Lipinski definition) is 6. The van der Waals surface area contributed by atoms with Crippen molar-refractivity contribution < 1.29 is 14.4 Å². The van der Waals surface area contributed by atoms with Gasteiger partial charge in [-0.1, -0.05) is 79.9 Å². The summed E-state index contributed by atoms with van der Waals surface area (Å²) in [6.45, 7) is 7.97.